The highest BCUT2D eigenvalue weighted by atomic mass is 32.5. The largest absolute Gasteiger partial charge is 0.444 e. The van der Waals surface area contributed by atoms with Crippen LogP contribution < -0.4 is 4.52 Å². The van der Waals surface area contributed by atoms with Crippen LogP contribution in [-0.4, -0.2) is 33.2 Å². The average Bonchev–Trinajstić information content (AvgIpc) is 2.59. The number of hydrogen-bond acceptors (Lipinski definition) is 8. The molecule has 1 unspecified atom stereocenters. The molecule has 2 aromatic carbocycles. The molecular weight excluding hydrogens is 413 g/mol. The van der Waals surface area contributed by atoms with Crippen LogP contribution in [0.25, 0.3) is 0 Å². The molecule has 11 heteroatoms. The molecule has 8 nitrogen and oxygen atoms in total. The van der Waals surface area contributed by atoms with E-state index in [0.717, 1.165) is 5.56 Å². The normalized spacial score (nSPS) is 13.7. The molecule has 0 fully saturated rings. The van der Waals surface area contributed by atoms with Gasteiger partial charge in [0.2, 0.25) is 6.49 Å². The molecule has 0 saturated heterocycles. The predicted octanol–water partition coefficient (Wildman–Crippen LogP) is 3.64. The quantitative estimate of drug-likeness (QED) is 0.195. The third kappa shape index (κ3) is 6.67. The first-order valence-corrected chi connectivity index (χ1v) is 12.2. The van der Waals surface area contributed by atoms with Gasteiger partial charge in [0.1, 0.15) is 5.75 Å². The van der Waals surface area contributed by atoms with Crippen molar-refractivity contribution in [3.63, 3.8) is 0 Å². The minimum absolute atomic E-state index is 0.0613. The summed E-state index contributed by atoms with van der Waals surface area (Å²) in [5.74, 6) is 0.333. The summed E-state index contributed by atoms with van der Waals surface area (Å²) in [5.41, 5.74) is 0.870. The molecule has 0 bridgehead atoms. The van der Waals surface area contributed by atoms with Gasteiger partial charge >= 0.3 is 0 Å². The molecule has 0 aliphatic heterocycles. The summed E-state index contributed by atoms with van der Waals surface area (Å²) in [5, 5.41) is 10.6. The van der Waals surface area contributed by atoms with Gasteiger partial charge < -0.3 is 9.05 Å². The van der Waals surface area contributed by atoms with Gasteiger partial charge in [-0.25, -0.2) is 0 Å². The van der Waals surface area contributed by atoms with Gasteiger partial charge in [0.15, 0.2) is 0 Å². The number of non-ortho nitro benzene ring substituents is 1. The van der Waals surface area contributed by atoms with E-state index in [2.05, 4.69) is 0 Å². The predicted molar refractivity (Wildman–Crippen MR) is 104 cm³/mol. The van der Waals surface area contributed by atoms with E-state index in [0.29, 0.717) is 5.75 Å². The van der Waals surface area contributed by atoms with Crippen molar-refractivity contribution in [2.24, 2.45) is 0 Å². The third-order valence-corrected chi connectivity index (χ3v) is 6.34. The van der Waals surface area contributed by atoms with Crippen LogP contribution in [-0.2, 0) is 30.6 Å². The number of nitro groups is 1. The van der Waals surface area contributed by atoms with Gasteiger partial charge in [0.25, 0.3) is 15.8 Å². The molecule has 0 radical (unpaired) electrons. The number of benzene rings is 2. The zero-order valence-corrected chi connectivity index (χ0v) is 17.1. The van der Waals surface area contributed by atoms with Crippen molar-refractivity contribution >= 4 is 34.1 Å². The van der Waals surface area contributed by atoms with Crippen molar-refractivity contribution in [1.29, 1.82) is 0 Å². The minimum atomic E-state index is -3.87. The summed E-state index contributed by atoms with van der Waals surface area (Å²) in [7, 11) is -3.87. The molecule has 0 amide bonds. The molecular formula is C16H18NO7PS2. The second-order valence-corrected chi connectivity index (χ2v) is 11.1. The Morgan fingerprint density at radius 2 is 1.67 bits per heavy atom. The van der Waals surface area contributed by atoms with E-state index in [1.165, 1.54) is 36.4 Å². The van der Waals surface area contributed by atoms with Crippen LogP contribution in [0.5, 0.6) is 5.75 Å². The van der Waals surface area contributed by atoms with Crippen LogP contribution in [0, 0.1) is 17.0 Å². The Balaban J connectivity index is 1.85. The highest BCUT2D eigenvalue weighted by Crippen LogP contribution is 2.44. The highest BCUT2D eigenvalue weighted by Gasteiger charge is 2.17. The number of nitrogens with zero attached hydrogens (tertiary/aromatic N) is 1. The SMILES string of the molecule is Cc1ccc(S(=O)(=O)OCCOP(C)(=S)Oc2ccc([N+](=O)[O-])cc2)cc1. The van der Waals surface area contributed by atoms with Gasteiger partial charge in [-0.1, -0.05) is 17.7 Å². The maximum atomic E-state index is 12.1. The molecule has 146 valence electrons. The Hall–Kier alpha value is -1.84. The Labute approximate surface area is 162 Å². The molecule has 0 aliphatic rings. The van der Waals surface area contributed by atoms with E-state index in [9.17, 15) is 18.5 Å². The topological polar surface area (TPSA) is 105 Å². The van der Waals surface area contributed by atoms with E-state index < -0.39 is 21.5 Å². The van der Waals surface area contributed by atoms with Gasteiger partial charge in [-0.15, -0.1) is 0 Å². The van der Waals surface area contributed by atoms with E-state index in [-0.39, 0.29) is 23.8 Å². The summed E-state index contributed by atoms with van der Waals surface area (Å²) in [6.07, 6.45) is 0. The summed E-state index contributed by atoms with van der Waals surface area (Å²) >= 11 is 5.25. The Morgan fingerprint density at radius 1 is 1.07 bits per heavy atom. The lowest BCUT2D eigenvalue weighted by atomic mass is 10.2. The standard InChI is InChI=1S/C16H18NO7PS2/c1-13-3-9-16(10-4-13)27(20,21)23-12-11-22-25(2,26)24-15-7-5-14(6-8-15)17(18)19/h3-10H,11-12H2,1-2H3. The van der Waals surface area contributed by atoms with Crippen molar-refractivity contribution in [1.82, 2.24) is 0 Å². The number of aryl methyl sites for hydroxylation is 1. The molecule has 0 spiro atoms. The summed E-state index contributed by atoms with van der Waals surface area (Å²) in [6, 6.07) is 11.7. The molecule has 0 aliphatic carbocycles. The maximum Gasteiger partial charge on any atom is 0.297 e. The summed E-state index contributed by atoms with van der Waals surface area (Å²) in [6.45, 7) is 0.400. The molecule has 0 aromatic heterocycles. The van der Waals surface area contributed by atoms with Crippen LogP contribution in [0.4, 0.5) is 5.69 Å². The van der Waals surface area contributed by atoms with Crippen LogP contribution in [0.1, 0.15) is 5.56 Å². The molecule has 0 saturated carbocycles. The van der Waals surface area contributed by atoms with Crippen molar-refractivity contribution in [3.05, 3.63) is 64.2 Å². The zero-order valence-electron chi connectivity index (χ0n) is 14.6. The molecule has 0 N–H and O–H groups in total. The number of rotatable bonds is 9. The monoisotopic (exact) mass is 431 g/mol. The fourth-order valence-electron chi connectivity index (χ4n) is 1.97. The number of nitro benzene ring substituents is 1. The second kappa shape index (κ2) is 8.90. The van der Waals surface area contributed by atoms with E-state index in [1.807, 2.05) is 6.92 Å². The van der Waals surface area contributed by atoms with Gasteiger partial charge in [-0.05, 0) is 43.0 Å². The molecule has 2 rings (SSSR count). The second-order valence-electron chi connectivity index (χ2n) is 5.54. The fourth-order valence-corrected chi connectivity index (χ4v) is 4.30. The first-order valence-electron chi connectivity index (χ1n) is 7.71. The molecule has 27 heavy (non-hydrogen) atoms. The first kappa shape index (κ1) is 21.5. The highest BCUT2D eigenvalue weighted by molar-refractivity contribution is 8.09. The Morgan fingerprint density at radius 3 is 2.22 bits per heavy atom. The first-order chi connectivity index (χ1) is 12.6. The fraction of sp³-hybridized carbons (Fsp3) is 0.250. The van der Waals surface area contributed by atoms with Gasteiger partial charge in [-0.3, -0.25) is 14.3 Å². The third-order valence-electron chi connectivity index (χ3n) is 3.28. The number of hydrogen-bond donors (Lipinski definition) is 0. The van der Waals surface area contributed by atoms with Crippen LogP contribution in [0.15, 0.2) is 53.4 Å². The molecule has 2 aromatic rings. The van der Waals surface area contributed by atoms with Crippen molar-refractivity contribution in [2.75, 3.05) is 19.9 Å². The average molecular weight is 431 g/mol. The minimum Gasteiger partial charge on any atom is -0.444 e. The summed E-state index contributed by atoms with van der Waals surface area (Å²) < 4.78 is 40.0. The lowest BCUT2D eigenvalue weighted by Gasteiger charge is -2.18. The lowest BCUT2D eigenvalue weighted by molar-refractivity contribution is -0.384. The lowest BCUT2D eigenvalue weighted by Crippen LogP contribution is -2.11. The van der Waals surface area contributed by atoms with Crippen LogP contribution in [0.3, 0.4) is 0 Å². The van der Waals surface area contributed by atoms with Crippen LogP contribution in [0.2, 0.25) is 0 Å². The maximum absolute atomic E-state index is 12.1. The van der Waals surface area contributed by atoms with Gasteiger partial charge in [-0.2, -0.15) is 8.42 Å². The Kier molecular flexibility index (Phi) is 7.07. The molecule has 0 heterocycles. The smallest absolute Gasteiger partial charge is 0.297 e. The van der Waals surface area contributed by atoms with Crippen molar-refractivity contribution in [3.8, 4) is 5.75 Å². The van der Waals surface area contributed by atoms with Crippen LogP contribution >= 0.6 is 6.49 Å². The van der Waals surface area contributed by atoms with E-state index in [1.54, 1.807) is 18.8 Å². The van der Waals surface area contributed by atoms with Gasteiger partial charge in [0, 0.05) is 18.8 Å². The van der Waals surface area contributed by atoms with E-state index in [4.69, 9.17) is 25.0 Å². The van der Waals surface area contributed by atoms with Crippen molar-refractivity contribution in [2.45, 2.75) is 11.8 Å². The Bertz CT molecular complexity index is 944. The molecule has 1 atom stereocenters. The summed E-state index contributed by atoms with van der Waals surface area (Å²) in [4.78, 5) is 10.2. The van der Waals surface area contributed by atoms with Crippen molar-refractivity contribution < 1.29 is 26.6 Å². The van der Waals surface area contributed by atoms with E-state index >= 15 is 0 Å². The zero-order chi connectivity index (χ0) is 20.1. The van der Waals surface area contributed by atoms with Gasteiger partial charge in [0.05, 0.1) is 23.0 Å².